The predicted molar refractivity (Wildman–Crippen MR) is 102 cm³/mol. The molecule has 1 aliphatic rings. The van der Waals surface area contributed by atoms with Crippen molar-refractivity contribution in [1.82, 2.24) is 19.1 Å². The van der Waals surface area contributed by atoms with Crippen LogP contribution in [0.2, 0.25) is 0 Å². The van der Waals surface area contributed by atoms with Crippen LogP contribution in [0.15, 0.2) is 35.5 Å². The van der Waals surface area contributed by atoms with E-state index < -0.39 is 10.0 Å². The number of benzene rings is 1. The van der Waals surface area contributed by atoms with Crippen LogP contribution in [0.3, 0.4) is 0 Å². The standard InChI is InChI=1S/C19H28N4O2S/c1-4-5-16-6-8-18(9-7-16)26(24,25)22-12-10-17(11-13-22)23-14-20-21-19(23)15(2)3/h6-9,14-15,17H,4-5,10-13H2,1-3H3. The number of rotatable bonds is 6. The second-order valence-electron chi connectivity index (χ2n) is 7.28. The molecule has 1 aliphatic heterocycles. The minimum Gasteiger partial charge on any atom is -0.314 e. The quantitative estimate of drug-likeness (QED) is 0.775. The van der Waals surface area contributed by atoms with Crippen LogP contribution in [-0.2, 0) is 16.4 Å². The van der Waals surface area contributed by atoms with Gasteiger partial charge in [0.1, 0.15) is 12.2 Å². The van der Waals surface area contributed by atoms with Crippen LogP contribution >= 0.6 is 0 Å². The molecule has 1 saturated heterocycles. The molecular weight excluding hydrogens is 348 g/mol. The van der Waals surface area contributed by atoms with E-state index in [9.17, 15) is 8.42 Å². The third kappa shape index (κ3) is 3.83. The van der Waals surface area contributed by atoms with E-state index in [2.05, 4.69) is 35.5 Å². The second-order valence-corrected chi connectivity index (χ2v) is 9.22. The Bertz CT molecular complexity index is 819. The van der Waals surface area contributed by atoms with Gasteiger partial charge in [0.05, 0.1) is 4.90 Å². The van der Waals surface area contributed by atoms with Gasteiger partial charge in [0.25, 0.3) is 0 Å². The first-order valence-electron chi connectivity index (χ1n) is 9.42. The number of sulfonamides is 1. The maximum Gasteiger partial charge on any atom is 0.243 e. The topological polar surface area (TPSA) is 68.1 Å². The van der Waals surface area contributed by atoms with E-state index in [1.54, 1.807) is 22.8 Å². The van der Waals surface area contributed by atoms with Crippen LogP contribution in [0.5, 0.6) is 0 Å². The molecule has 0 N–H and O–H groups in total. The van der Waals surface area contributed by atoms with E-state index in [0.29, 0.717) is 23.9 Å². The zero-order valence-corrected chi connectivity index (χ0v) is 16.6. The fourth-order valence-corrected chi connectivity index (χ4v) is 5.04. The molecule has 0 aliphatic carbocycles. The van der Waals surface area contributed by atoms with Crippen molar-refractivity contribution >= 4 is 10.0 Å². The molecular formula is C19H28N4O2S. The van der Waals surface area contributed by atoms with E-state index in [-0.39, 0.29) is 6.04 Å². The lowest BCUT2D eigenvalue weighted by molar-refractivity contribution is 0.269. The maximum atomic E-state index is 12.9. The Kier molecular flexibility index (Phi) is 5.77. The maximum absolute atomic E-state index is 12.9. The van der Waals surface area contributed by atoms with Crippen molar-refractivity contribution in [2.75, 3.05) is 13.1 Å². The lowest BCUT2D eigenvalue weighted by Gasteiger charge is -2.32. The number of aryl methyl sites for hydroxylation is 1. The van der Waals surface area contributed by atoms with Gasteiger partial charge in [-0.15, -0.1) is 10.2 Å². The van der Waals surface area contributed by atoms with Gasteiger partial charge in [-0.1, -0.05) is 39.3 Å². The van der Waals surface area contributed by atoms with Gasteiger partial charge in [-0.25, -0.2) is 8.42 Å². The molecule has 3 rings (SSSR count). The van der Waals surface area contributed by atoms with Gasteiger partial charge in [0, 0.05) is 25.0 Å². The first-order chi connectivity index (χ1) is 12.4. The minimum atomic E-state index is -3.42. The average molecular weight is 377 g/mol. The van der Waals surface area contributed by atoms with Crippen molar-refractivity contribution in [3.8, 4) is 0 Å². The lowest BCUT2D eigenvalue weighted by atomic mass is 10.1. The molecule has 0 atom stereocenters. The van der Waals surface area contributed by atoms with Crippen molar-refractivity contribution in [3.63, 3.8) is 0 Å². The van der Waals surface area contributed by atoms with Crippen LogP contribution in [0, 0.1) is 0 Å². The number of hydrogen-bond donors (Lipinski definition) is 0. The fraction of sp³-hybridized carbons (Fsp3) is 0.579. The summed E-state index contributed by atoms with van der Waals surface area (Å²) in [7, 11) is -3.42. The van der Waals surface area contributed by atoms with E-state index >= 15 is 0 Å². The molecule has 2 aromatic rings. The van der Waals surface area contributed by atoms with E-state index in [1.807, 2.05) is 12.1 Å². The predicted octanol–water partition coefficient (Wildman–Crippen LogP) is 3.38. The number of hydrogen-bond acceptors (Lipinski definition) is 4. The molecule has 0 radical (unpaired) electrons. The minimum absolute atomic E-state index is 0.265. The molecule has 0 bridgehead atoms. The molecule has 142 valence electrons. The van der Waals surface area contributed by atoms with Gasteiger partial charge in [-0.2, -0.15) is 4.31 Å². The van der Waals surface area contributed by atoms with Crippen molar-refractivity contribution in [1.29, 1.82) is 0 Å². The average Bonchev–Trinajstić information content (AvgIpc) is 3.13. The number of aromatic nitrogens is 3. The molecule has 1 aromatic heterocycles. The highest BCUT2D eigenvalue weighted by Gasteiger charge is 2.31. The number of nitrogens with zero attached hydrogens (tertiary/aromatic N) is 4. The summed E-state index contributed by atoms with van der Waals surface area (Å²) in [6, 6.07) is 7.59. The monoisotopic (exact) mass is 376 g/mol. The Labute approximate surface area is 156 Å². The summed E-state index contributed by atoms with van der Waals surface area (Å²) >= 11 is 0. The second kappa shape index (κ2) is 7.88. The van der Waals surface area contributed by atoms with E-state index in [4.69, 9.17) is 0 Å². The van der Waals surface area contributed by atoms with E-state index in [0.717, 1.165) is 31.5 Å². The first kappa shape index (κ1) is 19.0. The zero-order valence-electron chi connectivity index (χ0n) is 15.8. The summed E-state index contributed by atoms with van der Waals surface area (Å²) < 4.78 is 29.6. The number of piperidine rings is 1. The Hall–Kier alpha value is -1.73. The highest BCUT2D eigenvalue weighted by Crippen LogP contribution is 2.29. The highest BCUT2D eigenvalue weighted by atomic mass is 32.2. The van der Waals surface area contributed by atoms with Gasteiger partial charge in [-0.3, -0.25) is 0 Å². The van der Waals surface area contributed by atoms with Gasteiger partial charge in [0.15, 0.2) is 0 Å². The SMILES string of the molecule is CCCc1ccc(S(=O)(=O)N2CCC(n3cnnc3C(C)C)CC2)cc1. The summed E-state index contributed by atoms with van der Waals surface area (Å²) in [5, 5.41) is 8.25. The van der Waals surface area contributed by atoms with Crippen molar-refractivity contribution in [2.45, 2.75) is 63.3 Å². The molecule has 0 unspecified atom stereocenters. The normalized spacial score (nSPS) is 17.1. The van der Waals surface area contributed by atoms with Gasteiger partial charge >= 0.3 is 0 Å². The Morgan fingerprint density at radius 2 is 1.81 bits per heavy atom. The van der Waals surface area contributed by atoms with E-state index in [1.165, 1.54) is 5.56 Å². The van der Waals surface area contributed by atoms with Crippen LogP contribution < -0.4 is 0 Å². The Morgan fingerprint density at radius 3 is 2.38 bits per heavy atom. The summed E-state index contributed by atoms with van der Waals surface area (Å²) in [6.07, 6.45) is 5.37. The molecule has 6 nitrogen and oxygen atoms in total. The van der Waals surface area contributed by atoms with Crippen LogP contribution in [-0.4, -0.2) is 40.6 Å². The molecule has 7 heteroatoms. The molecule has 1 aromatic carbocycles. The third-order valence-corrected chi connectivity index (χ3v) is 6.95. The largest absolute Gasteiger partial charge is 0.314 e. The van der Waals surface area contributed by atoms with Crippen LogP contribution in [0.4, 0.5) is 0 Å². The first-order valence-corrected chi connectivity index (χ1v) is 10.9. The Morgan fingerprint density at radius 1 is 1.15 bits per heavy atom. The summed E-state index contributed by atoms with van der Waals surface area (Å²) in [4.78, 5) is 0.392. The fourth-order valence-electron chi connectivity index (χ4n) is 3.57. The summed E-state index contributed by atoms with van der Waals surface area (Å²) in [6.45, 7) is 7.37. The lowest BCUT2D eigenvalue weighted by Crippen LogP contribution is -2.39. The smallest absolute Gasteiger partial charge is 0.243 e. The molecule has 0 spiro atoms. The zero-order chi connectivity index (χ0) is 18.7. The van der Waals surface area contributed by atoms with Crippen molar-refractivity contribution < 1.29 is 8.42 Å². The van der Waals surface area contributed by atoms with Gasteiger partial charge in [-0.05, 0) is 37.0 Å². The van der Waals surface area contributed by atoms with Crippen LogP contribution in [0.1, 0.15) is 63.4 Å². The van der Waals surface area contributed by atoms with Gasteiger partial charge in [0.2, 0.25) is 10.0 Å². The van der Waals surface area contributed by atoms with Gasteiger partial charge < -0.3 is 4.57 Å². The molecule has 1 fully saturated rings. The molecule has 26 heavy (non-hydrogen) atoms. The molecule has 2 heterocycles. The summed E-state index contributed by atoms with van der Waals surface area (Å²) in [5.41, 5.74) is 1.18. The Balaban J connectivity index is 1.69. The third-order valence-electron chi connectivity index (χ3n) is 5.03. The summed E-state index contributed by atoms with van der Waals surface area (Å²) in [5.74, 6) is 1.28. The van der Waals surface area contributed by atoms with Crippen molar-refractivity contribution in [3.05, 3.63) is 42.0 Å². The molecule has 0 saturated carbocycles. The molecule has 0 amide bonds. The van der Waals surface area contributed by atoms with Crippen LogP contribution in [0.25, 0.3) is 0 Å². The highest BCUT2D eigenvalue weighted by molar-refractivity contribution is 7.89. The van der Waals surface area contributed by atoms with Crippen molar-refractivity contribution in [2.24, 2.45) is 0 Å².